The van der Waals surface area contributed by atoms with Crippen molar-refractivity contribution in [3.63, 3.8) is 0 Å². The van der Waals surface area contributed by atoms with Crippen molar-refractivity contribution < 1.29 is 8.42 Å². The highest BCUT2D eigenvalue weighted by atomic mass is 35.5. The first-order valence-corrected chi connectivity index (χ1v) is 7.66. The zero-order valence-electron chi connectivity index (χ0n) is 10.2. The smallest absolute Gasteiger partial charge is 0.262 e. The van der Waals surface area contributed by atoms with Crippen LogP contribution in [0.1, 0.15) is 12.8 Å². The molecule has 0 radical (unpaired) electrons. The van der Waals surface area contributed by atoms with Crippen LogP contribution in [0.5, 0.6) is 0 Å². The number of halogens is 1. The number of hydrogen-bond acceptors (Lipinski definition) is 4. The van der Waals surface area contributed by atoms with Crippen LogP contribution in [0, 0.1) is 5.92 Å². The molecule has 0 bridgehead atoms. The predicted molar refractivity (Wildman–Crippen MR) is 68.8 cm³/mol. The number of piperidine rings is 1. The molecular weight excluding hydrogens is 276 g/mol. The minimum Gasteiger partial charge on any atom is -0.330 e. The summed E-state index contributed by atoms with van der Waals surface area (Å²) in [6.45, 7) is 1.61. The van der Waals surface area contributed by atoms with Crippen LogP contribution >= 0.6 is 11.6 Å². The van der Waals surface area contributed by atoms with E-state index in [9.17, 15) is 8.42 Å². The Morgan fingerprint density at radius 3 is 2.56 bits per heavy atom. The number of aryl methyl sites for hydroxylation is 1. The molecule has 0 saturated carbocycles. The van der Waals surface area contributed by atoms with Crippen LogP contribution in [0.4, 0.5) is 0 Å². The van der Waals surface area contributed by atoms with E-state index in [1.54, 1.807) is 7.05 Å². The van der Waals surface area contributed by atoms with E-state index in [0.29, 0.717) is 25.6 Å². The highest BCUT2D eigenvalue weighted by Crippen LogP contribution is 2.23. The molecule has 0 unspecified atom stereocenters. The fourth-order valence-corrected chi connectivity index (χ4v) is 3.70. The first kappa shape index (κ1) is 13.8. The molecular formula is C10H17ClN4O2S. The van der Waals surface area contributed by atoms with Gasteiger partial charge in [-0.2, -0.15) is 4.31 Å². The van der Waals surface area contributed by atoms with Gasteiger partial charge in [0.05, 0.1) is 0 Å². The van der Waals surface area contributed by atoms with Crippen LogP contribution < -0.4 is 5.73 Å². The lowest BCUT2D eigenvalue weighted by Gasteiger charge is -2.29. The summed E-state index contributed by atoms with van der Waals surface area (Å²) >= 11 is 5.77. The third kappa shape index (κ3) is 2.54. The molecule has 8 heteroatoms. The summed E-state index contributed by atoms with van der Waals surface area (Å²) in [6, 6.07) is 0. The van der Waals surface area contributed by atoms with E-state index in [1.807, 2.05) is 0 Å². The van der Waals surface area contributed by atoms with Crippen molar-refractivity contribution in [1.29, 1.82) is 0 Å². The van der Waals surface area contributed by atoms with Crippen LogP contribution in [-0.4, -0.2) is 41.9 Å². The van der Waals surface area contributed by atoms with E-state index in [0.717, 1.165) is 12.8 Å². The van der Waals surface area contributed by atoms with Gasteiger partial charge in [0.2, 0.25) is 5.28 Å². The van der Waals surface area contributed by atoms with Gasteiger partial charge in [0.1, 0.15) is 0 Å². The molecule has 1 aliphatic rings. The van der Waals surface area contributed by atoms with Crippen LogP contribution in [0.3, 0.4) is 0 Å². The SMILES string of the molecule is Cn1cc(S(=O)(=O)N2CCC(CN)CC2)nc1Cl. The number of imidazole rings is 1. The van der Waals surface area contributed by atoms with Crippen molar-refractivity contribution in [3.05, 3.63) is 11.5 Å². The average molecular weight is 293 g/mol. The number of nitrogens with zero attached hydrogens (tertiary/aromatic N) is 3. The number of rotatable bonds is 3. The summed E-state index contributed by atoms with van der Waals surface area (Å²) in [5, 5.41) is 0.187. The number of aromatic nitrogens is 2. The molecule has 2 heterocycles. The van der Waals surface area contributed by atoms with Gasteiger partial charge in [-0.05, 0) is 36.9 Å². The average Bonchev–Trinajstić information content (AvgIpc) is 2.70. The van der Waals surface area contributed by atoms with E-state index < -0.39 is 10.0 Å². The summed E-state index contributed by atoms with van der Waals surface area (Å²) in [5.41, 5.74) is 5.59. The molecule has 0 amide bonds. The third-order valence-corrected chi connectivity index (χ3v) is 5.43. The number of sulfonamides is 1. The lowest BCUT2D eigenvalue weighted by Crippen LogP contribution is -2.40. The van der Waals surface area contributed by atoms with Gasteiger partial charge in [-0.25, -0.2) is 13.4 Å². The van der Waals surface area contributed by atoms with Crippen molar-refractivity contribution in [2.75, 3.05) is 19.6 Å². The Bertz CT molecular complexity index is 500. The first-order valence-electron chi connectivity index (χ1n) is 5.84. The quantitative estimate of drug-likeness (QED) is 0.876. The normalized spacial score (nSPS) is 19.3. The van der Waals surface area contributed by atoms with E-state index in [2.05, 4.69) is 4.98 Å². The Labute approximate surface area is 112 Å². The topological polar surface area (TPSA) is 81.2 Å². The fourth-order valence-electron chi connectivity index (χ4n) is 2.06. The van der Waals surface area contributed by atoms with E-state index >= 15 is 0 Å². The first-order chi connectivity index (χ1) is 8.45. The van der Waals surface area contributed by atoms with Gasteiger partial charge in [-0.3, -0.25) is 0 Å². The third-order valence-electron chi connectivity index (χ3n) is 3.31. The Hall–Kier alpha value is -0.630. The number of nitrogens with two attached hydrogens (primary N) is 1. The summed E-state index contributed by atoms with van der Waals surface area (Å²) in [5.74, 6) is 0.420. The zero-order chi connectivity index (χ0) is 13.3. The minimum atomic E-state index is -3.52. The summed E-state index contributed by atoms with van der Waals surface area (Å²) < 4.78 is 27.6. The lowest BCUT2D eigenvalue weighted by molar-refractivity contribution is 0.278. The van der Waals surface area contributed by atoms with E-state index in [1.165, 1.54) is 15.1 Å². The zero-order valence-corrected chi connectivity index (χ0v) is 11.8. The van der Waals surface area contributed by atoms with Gasteiger partial charge in [0.25, 0.3) is 10.0 Å². The van der Waals surface area contributed by atoms with E-state index in [-0.39, 0.29) is 10.3 Å². The van der Waals surface area contributed by atoms with Gasteiger partial charge in [-0.15, -0.1) is 0 Å². The molecule has 0 aromatic carbocycles. The van der Waals surface area contributed by atoms with Crippen LogP contribution in [-0.2, 0) is 17.1 Å². The van der Waals surface area contributed by atoms with Crippen LogP contribution in [0.2, 0.25) is 5.28 Å². The molecule has 2 N–H and O–H groups in total. The maximum Gasteiger partial charge on any atom is 0.262 e. The van der Waals surface area contributed by atoms with Crippen molar-refractivity contribution in [2.45, 2.75) is 17.9 Å². The van der Waals surface area contributed by atoms with Gasteiger partial charge in [0, 0.05) is 26.3 Å². The summed E-state index contributed by atoms with van der Waals surface area (Å²) in [7, 11) is -1.86. The summed E-state index contributed by atoms with van der Waals surface area (Å²) in [4.78, 5) is 3.87. The molecule has 1 saturated heterocycles. The Morgan fingerprint density at radius 1 is 1.50 bits per heavy atom. The summed E-state index contributed by atoms with van der Waals surface area (Å²) in [6.07, 6.45) is 3.04. The van der Waals surface area contributed by atoms with Crippen LogP contribution in [0.25, 0.3) is 0 Å². The standard InChI is InChI=1S/C10H17ClN4O2S/c1-14-7-9(13-10(14)11)18(16,17)15-4-2-8(6-12)3-5-15/h7-8H,2-6,12H2,1H3. The second-order valence-electron chi connectivity index (χ2n) is 4.54. The Morgan fingerprint density at radius 2 is 2.11 bits per heavy atom. The molecule has 102 valence electrons. The van der Waals surface area contributed by atoms with Gasteiger partial charge < -0.3 is 10.3 Å². The molecule has 1 aromatic rings. The van der Waals surface area contributed by atoms with Gasteiger partial charge >= 0.3 is 0 Å². The molecule has 1 aromatic heterocycles. The monoisotopic (exact) mass is 292 g/mol. The lowest BCUT2D eigenvalue weighted by atomic mass is 9.99. The molecule has 6 nitrogen and oxygen atoms in total. The van der Waals surface area contributed by atoms with Crippen molar-refractivity contribution in [1.82, 2.24) is 13.9 Å². The van der Waals surface area contributed by atoms with Crippen LogP contribution in [0.15, 0.2) is 11.2 Å². The molecule has 1 fully saturated rings. The van der Waals surface area contributed by atoms with Gasteiger partial charge in [0.15, 0.2) is 5.03 Å². The largest absolute Gasteiger partial charge is 0.330 e. The Balaban J connectivity index is 2.17. The molecule has 1 aliphatic heterocycles. The fraction of sp³-hybridized carbons (Fsp3) is 0.700. The molecule has 2 rings (SSSR count). The highest BCUT2D eigenvalue weighted by molar-refractivity contribution is 7.89. The van der Waals surface area contributed by atoms with Crippen molar-refractivity contribution >= 4 is 21.6 Å². The second kappa shape index (κ2) is 5.16. The van der Waals surface area contributed by atoms with E-state index in [4.69, 9.17) is 17.3 Å². The van der Waals surface area contributed by atoms with Gasteiger partial charge in [-0.1, -0.05) is 0 Å². The number of hydrogen-bond donors (Lipinski definition) is 1. The molecule has 18 heavy (non-hydrogen) atoms. The second-order valence-corrected chi connectivity index (χ2v) is 6.77. The maximum atomic E-state index is 12.3. The predicted octanol–water partition coefficient (Wildman–Crippen LogP) is 0.433. The molecule has 0 atom stereocenters. The Kier molecular flexibility index (Phi) is 3.96. The maximum absolute atomic E-state index is 12.3. The molecule has 0 spiro atoms. The molecule has 0 aliphatic carbocycles. The van der Waals surface area contributed by atoms with Crippen molar-refractivity contribution in [3.8, 4) is 0 Å². The highest BCUT2D eigenvalue weighted by Gasteiger charge is 2.31. The minimum absolute atomic E-state index is 0.0150. The van der Waals surface area contributed by atoms with Crippen molar-refractivity contribution in [2.24, 2.45) is 18.7 Å².